The fourth-order valence-corrected chi connectivity index (χ4v) is 1.88. The molecule has 0 aliphatic heterocycles. The second kappa shape index (κ2) is 14.5. The van der Waals surface area contributed by atoms with E-state index in [1.54, 1.807) is 12.1 Å². The number of benzene rings is 1. The molecule has 5 nitrogen and oxygen atoms in total. The quantitative estimate of drug-likeness (QED) is 0.363. The third kappa shape index (κ3) is 10.6. The summed E-state index contributed by atoms with van der Waals surface area (Å²) in [5, 5.41) is 24.3. The van der Waals surface area contributed by atoms with E-state index in [0.29, 0.717) is 13.0 Å². The van der Waals surface area contributed by atoms with Crippen molar-refractivity contribution < 1.29 is 78.9 Å². The number of hydrogen-bond acceptors (Lipinski definition) is 4. The fourth-order valence-electron chi connectivity index (χ4n) is 1.88. The topological polar surface area (TPSA) is 92.3 Å². The van der Waals surface area contributed by atoms with Gasteiger partial charge in [-0.1, -0.05) is 49.3 Å². The van der Waals surface area contributed by atoms with Gasteiger partial charge in [-0.2, -0.15) is 0 Å². The number of hydrogen-bond donors (Lipinski definition) is 1. The molecule has 0 atom stereocenters. The van der Waals surface area contributed by atoms with Crippen molar-refractivity contribution in [2.24, 2.45) is 0 Å². The Morgan fingerprint density at radius 3 is 2.18 bits per heavy atom. The van der Waals surface area contributed by atoms with Gasteiger partial charge >= 0.3 is 59.1 Å². The van der Waals surface area contributed by atoms with E-state index in [1.807, 2.05) is 0 Å². The van der Waals surface area contributed by atoms with Gasteiger partial charge in [0.1, 0.15) is 0 Å². The molecular weight excluding hydrogens is 304 g/mol. The van der Waals surface area contributed by atoms with Gasteiger partial charge in [0.25, 0.3) is 5.91 Å². The number of unbranched alkanes of at least 4 members (excludes halogenated alkanes) is 4. The molecule has 0 saturated heterocycles. The maximum absolute atomic E-state index is 11.7. The monoisotopic (exact) mass is 323 g/mol. The van der Waals surface area contributed by atoms with E-state index in [1.165, 1.54) is 12.1 Å². The predicted molar refractivity (Wildman–Crippen MR) is 70.9 cm³/mol. The third-order valence-electron chi connectivity index (χ3n) is 2.97. The Morgan fingerprint density at radius 1 is 0.955 bits per heavy atom. The fraction of sp³-hybridized carbons (Fsp3) is 0.467. The molecule has 0 aromatic heterocycles. The number of nitrogens with one attached hydrogen (secondary N) is 1. The van der Waals surface area contributed by atoms with Crippen LogP contribution in [0.5, 0.6) is 5.75 Å². The maximum Gasteiger partial charge on any atom is 1.00 e. The Hall–Kier alpha value is -0.0400. The van der Waals surface area contributed by atoms with Crippen molar-refractivity contribution in [3.8, 4) is 5.75 Å². The minimum atomic E-state index is -1.01. The summed E-state index contributed by atoms with van der Waals surface area (Å²) in [5.74, 6) is -1.62. The van der Waals surface area contributed by atoms with Crippen LogP contribution < -0.4 is 74.6 Å². The van der Waals surface area contributed by atoms with E-state index in [4.69, 9.17) is 0 Å². The van der Waals surface area contributed by atoms with Gasteiger partial charge in [-0.25, -0.2) is 0 Å². The molecule has 0 saturated carbocycles. The summed E-state index contributed by atoms with van der Waals surface area (Å²) in [4.78, 5) is 21.9. The molecule has 1 aromatic carbocycles. The zero-order valence-corrected chi connectivity index (χ0v) is 17.4. The van der Waals surface area contributed by atoms with Gasteiger partial charge in [0.05, 0.1) is 0 Å². The van der Waals surface area contributed by atoms with Crippen molar-refractivity contribution in [1.82, 2.24) is 5.32 Å². The number of amides is 1. The molecule has 0 radical (unpaired) electrons. The van der Waals surface area contributed by atoms with Gasteiger partial charge in [0.15, 0.2) is 0 Å². The number of rotatable bonds is 9. The molecule has 7 heteroatoms. The van der Waals surface area contributed by atoms with Crippen LogP contribution in [0.4, 0.5) is 0 Å². The standard InChI is InChI=1S/C15H21NO4.2Na/c17-13-9-6-5-8-12(13)15(20)16-11-7-3-1-2-4-10-14(18)19;;/h5-6,8-9,17H,1-4,7,10-11H2,(H,16,20)(H,18,19);;/q;2*+1/p-2. The van der Waals surface area contributed by atoms with Crippen LogP contribution in [-0.2, 0) is 4.79 Å². The van der Waals surface area contributed by atoms with Crippen LogP contribution in [0, 0.1) is 0 Å². The Bertz CT molecular complexity index is 455. The van der Waals surface area contributed by atoms with Gasteiger partial charge in [-0.15, -0.1) is 0 Å². The molecule has 0 unspecified atom stereocenters. The van der Waals surface area contributed by atoms with Crippen molar-refractivity contribution in [3.63, 3.8) is 0 Å². The molecule has 1 rings (SSSR count). The Morgan fingerprint density at radius 2 is 1.55 bits per heavy atom. The first-order chi connectivity index (χ1) is 9.61. The maximum atomic E-state index is 11.7. The number of para-hydroxylation sites is 1. The van der Waals surface area contributed by atoms with Crippen LogP contribution in [-0.4, -0.2) is 18.4 Å². The van der Waals surface area contributed by atoms with Crippen LogP contribution >= 0.6 is 0 Å². The molecule has 0 aliphatic carbocycles. The van der Waals surface area contributed by atoms with Crippen molar-refractivity contribution in [2.75, 3.05) is 6.54 Å². The van der Waals surface area contributed by atoms with Crippen molar-refractivity contribution in [3.05, 3.63) is 29.8 Å². The van der Waals surface area contributed by atoms with E-state index in [-0.39, 0.29) is 82.8 Å². The van der Waals surface area contributed by atoms with E-state index in [2.05, 4.69) is 5.32 Å². The normalized spacial score (nSPS) is 9.27. The summed E-state index contributed by atoms with van der Waals surface area (Å²) in [6.07, 6.45) is 4.27. The molecule has 0 aliphatic rings. The number of aliphatic carboxylic acids is 1. The first kappa shape index (κ1) is 24.2. The summed E-state index contributed by atoms with van der Waals surface area (Å²) in [7, 11) is 0. The molecule has 22 heavy (non-hydrogen) atoms. The summed E-state index contributed by atoms with van der Waals surface area (Å²) >= 11 is 0. The molecule has 110 valence electrons. The van der Waals surface area contributed by atoms with Crippen molar-refractivity contribution >= 4 is 11.9 Å². The third-order valence-corrected chi connectivity index (χ3v) is 2.97. The molecule has 1 aromatic rings. The first-order valence-corrected chi connectivity index (χ1v) is 6.85. The van der Waals surface area contributed by atoms with Gasteiger partial charge < -0.3 is 20.3 Å². The average Bonchev–Trinajstić information content (AvgIpc) is 2.41. The molecule has 0 bridgehead atoms. The van der Waals surface area contributed by atoms with Gasteiger partial charge in [-0.05, 0) is 19.3 Å². The summed E-state index contributed by atoms with van der Waals surface area (Å²) in [6, 6.07) is 6.14. The van der Waals surface area contributed by atoms with Gasteiger partial charge in [0.2, 0.25) is 0 Å². The smallest absolute Gasteiger partial charge is 0.872 e. The second-order valence-corrected chi connectivity index (χ2v) is 4.64. The van der Waals surface area contributed by atoms with Gasteiger partial charge in [-0.3, -0.25) is 4.79 Å². The first-order valence-electron chi connectivity index (χ1n) is 6.85. The van der Waals surface area contributed by atoms with Crippen LogP contribution in [0.2, 0.25) is 0 Å². The van der Waals surface area contributed by atoms with Crippen molar-refractivity contribution in [2.45, 2.75) is 38.5 Å². The predicted octanol–water partition coefficient (Wildman–Crippen LogP) is -5.41. The minimum absolute atomic E-state index is 0. The Labute approximate surface area is 175 Å². The number of carbonyl (C=O) groups excluding carboxylic acids is 2. The number of carbonyl (C=O) groups is 2. The second-order valence-electron chi connectivity index (χ2n) is 4.64. The van der Waals surface area contributed by atoms with E-state index in [0.717, 1.165) is 25.7 Å². The number of carboxylic acid groups (broad SMARTS) is 1. The Kier molecular flexibility index (Phi) is 16.0. The minimum Gasteiger partial charge on any atom is -0.872 e. The van der Waals surface area contributed by atoms with Crippen molar-refractivity contribution in [1.29, 1.82) is 0 Å². The zero-order valence-electron chi connectivity index (χ0n) is 13.4. The van der Waals surface area contributed by atoms with Gasteiger partial charge in [0, 0.05) is 18.1 Å². The summed E-state index contributed by atoms with van der Waals surface area (Å²) in [5.41, 5.74) is 0.168. The molecular formula is C15H19NNa2O4. The van der Waals surface area contributed by atoms with E-state index in [9.17, 15) is 19.8 Å². The van der Waals surface area contributed by atoms with E-state index >= 15 is 0 Å². The molecule has 0 spiro atoms. The molecule has 0 fully saturated rings. The molecule has 0 heterocycles. The number of carboxylic acids is 1. The Balaban J connectivity index is 0. The average molecular weight is 323 g/mol. The summed E-state index contributed by atoms with van der Waals surface area (Å²) < 4.78 is 0. The summed E-state index contributed by atoms with van der Waals surface area (Å²) in [6.45, 7) is 0.521. The van der Waals surface area contributed by atoms with Crippen LogP contribution in [0.15, 0.2) is 24.3 Å². The largest absolute Gasteiger partial charge is 1.00 e. The van der Waals surface area contributed by atoms with Crippen LogP contribution in [0.3, 0.4) is 0 Å². The zero-order chi connectivity index (χ0) is 14.8. The van der Waals surface area contributed by atoms with Crippen LogP contribution in [0.1, 0.15) is 48.9 Å². The van der Waals surface area contributed by atoms with E-state index < -0.39 is 5.97 Å². The SMILES string of the molecule is O=C([O-])CCCCCCCNC(=O)c1ccccc1[O-].[Na+].[Na+]. The molecule has 1 amide bonds. The molecule has 1 N–H and O–H groups in total. The van der Waals surface area contributed by atoms with Crippen LogP contribution in [0.25, 0.3) is 0 Å².